The van der Waals surface area contributed by atoms with Crippen molar-refractivity contribution in [3.05, 3.63) is 46.5 Å². The fraction of sp³-hybridized carbons (Fsp3) is 0.333. The Bertz CT molecular complexity index is 527. The number of halogens is 1. The summed E-state index contributed by atoms with van der Waals surface area (Å²) >= 11 is 3.40. The monoisotopic (exact) mass is 357 g/mol. The maximum Gasteiger partial charge on any atom is 0.135 e. The molecule has 0 aliphatic carbocycles. The molecule has 0 heterocycles. The Hall–Kier alpha value is -0.910. The summed E-state index contributed by atoms with van der Waals surface area (Å²) in [5, 5.41) is 0. The Kier molecular flexibility index (Phi) is 7.80. The third kappa shape index (κ3) is 5.23. The highest BCUT2D eigenvalue weighted by Gasteiger charge is 2.12. The Labute approximate surface area is 131 Å². The molecule has 0 aliphatic heterocycles. The maximum absolute atomic E-state index is 12.5. The zero-order chi connectivity index (χ0) is 15.0. The molecule has 0 radical (unpaired) electrons. The zero-order valence-corrected chi connectivity index (χ0v) is 14.2. The van der Waals surface area contributed by atoms with E-state index in [4.69, 9.17) is 10.5 Å². The normalized spacial score (nSPS) is 13.7. The second kappa shape index (κ2) is 9.10. The Morgan fingerprint density at radius 2 is 2.25 bits per heavy atom. The lowest BCUT2D eigenvalue weighted by atomic mass is 10.2. The smallest absolute Gasteiger partial charge is 0.135 e. The molecule has 2 N–H and O–H groups in total. The lowest BCUT2D eigenvalue weighted by Crippen LogP contribution is -2.03. The molecule has 0 saturated heterocycles. The van der Waals surface area contributed by atoms with E-state index in [-0.39, 0.29) is 0 Å². The highest BCUT2D eigenvalue weighted by molar-refractivity contribution is 9.10. The molecular formula is C15H20BrNO2S. The van der Waals surface area contributed by atoms with Crippen molar-refractivity contribution in [2.24, 2.45) is 5.73 Å². The molecule has 0 amide bonds. The summed E-state index contributed by atoms with van der Waals surface area (Å²) in [4.78, 5) is 0.699. The quantitative estimate of drug-likeness (QED) is 0.760. The van der Waals surface area contributed by atoms with Gasteiger partial charge in [0.2, 0.25) is 0 Å². The van der Waals surface area contributed by atoms with Crippen LogP contribution in [0.1, 0.15) is 13.3 Å². The van der Waals surface area contributed by atoms with E-state index in [1.165, 1.54) is 0 Å². The van der Waals surface area contributed by atoms with E-state index >= 15 is 0 Å². The zero-order valence-electron chi connectivity index (χ0n) is 11.8. The van der Waals surface area contributed by atoms with Gasteiger partial charge in [0.05, 0.1) is 28.6 Å². The number of rotatable bonds is 7. The molecule has 110 valence electrons. The van der Waals surface area contributed by atoms with E-state index < -0.39 is 10.8 Å². The molecule has 0 aromatic heterocycles. The van der Waals surface area contributed by atoms with Crippen LogP contribution in [0.2, 0.25) is 0 Å². The predicted octanol–water partition coefficient (Wildman–Crippen LogP) is 3.42. The second-order valence-corrected chi connectivity index (χ2v) is 6.45. The molecule has 0 saturated carbocycles. The van der Waals surface area contributed by atoms with Gasteiger partial charge in [-0.05, 0) is 30.2 Å². The van der Waals surface area contributed by atoms with Crippen LogP contribution < -0.4 is 10.5 Å². The minimum atomic E-state index is -1.16. The highest BCUT2D eigenvalue weighted by atomic mass is 79.9. The number of hydrogen-bond acceptors (Lipinski definition) is 3. The van der Waals surface area contributed by atoms with Gasteiger partial charge < -0.3 is 10.5 Å². The first kappa shape index (κ1) is 17.1. The molecule has 0 spiro atoms. The summed E-state index contributed by atoms with van der Waals surface area (Å²) in [6.07, 6.45) is 6.77. The van der Waals surface area contributed by atoms with Crippen LogP contribution in [0.5, 0.6) is 5.75 Å². The Balaban J connectivity index is 2.97. The van der Waals surface area contributed by atoms with Gasteiger partial charge in [-0.3, -0.25) is 4.21 Å². The highest BCUT2D eigenvalue weighted by Crippen LogP contribution is 2.27. The van der Waals surface area contributed by atoms with Gasteiger partial charge in [-0.1, -0.05) is 41.1 Å². The Morgan fingerprint density at radius 1 is 1.50 bits per heavy atom. The van der Waals surface area contributed by atoms with Crippen LogP contribution in [0.15, 0.2) is 51.4 Å². The molecule has 5 heteroatoms. The van der Waals surface area contributed by atoms with E-state index in [0.717, 1.165) is 16.5 Å². The second-order valence-electron chi connectivity index (χ2n) is 4.11. The van der Waals surface area contributed by atoms with Crippen molar-refractivity contribution < 1.29 is 8.95 Å². The molecule has 3 nitrogen and oxygen atoms in total. The molecule has 1 rings (SSSR count). The standard InChI is InChI=1S/C15H20BrNO2S/c1-3-5-12(6-4-9-17)11-20(18)15-10-13(16)7-8-14(15)19-2/h4-8,10H,3,9,11,17H2,1-2H3/b6-4-,12-5+. The first-order valence-electron chi connectivity index (χ1n) is 6.39. The number of methoxy groups -OCH3 is 1. The van der Waals surface area contributed by atoms with Gasteiger partial charge in [0, 0.05) is 11.0 Å². The third-order valence-electron chi connectivity index (χ3n) is 2.60. The fourth-order valence-corrected chi connectivity index (χ4v) is 3.53. The summed E-state index contributed by atoms with van der Waals surface area (Å²) in [5.41, 5.74) is 6.49. The molecular weight excluding hydrogens is 338 g/mol. The lowest BCUT2D eigenvalue weighted by molar-refractivity contribution is 0.404. The van der Waals surface area contributed by atoms with Crippen molar-refractivity contribution in [3.8, 4) is 5.75 Å². The number of ether oxygens (including phenoxy) is 1. The van der Waals surface area contributed by atoms with Crippen molar-refractivity contribution in [2.75, 3.05) is 19.4 Å². The summed E-state index contributed by atoms with van der Waals surface area (Å²) in [5.74, 6) is 1.10. The van der Waals surface area contributed by atoms with Crippen molar-refractivity contribution in [3.63, 3.8) is 0 Å². The molecule has 1 atom stereocenters. The van der Waals surface area contributed by atoms with Crippen LogP contribution in [0, 0.1) is 0 Å². The summed E-state index contributed by atoms with van der Waals surface area (Å²) in [6, 6.07) is 5.53. The number of hydrogen-bond donors (Lipinski definition) is 1. The van der Waals surface area contributed by atoms with Crippen LogP contribution in [0.25, 0.3) is 0 Å². The van der Waals surface area contributed by atoms with E-state index in [9.17, 15) is 4.21 Å². The van der Waals surface area contributed by atoms with Crippen molar-refractivity contribution >= 4 is 26.7 Å². The number of nitrogens with two attached hydrogens (primary N) is 1. The molecule has 1 aromatic rings. The van der Waals surface area contributed by atoms with E-state index in [1.54, 1.807) is 7.11 Å². The first-order chi connectivity index (χ1) is 9.62. The predicted molar refractivity (Wildman–Crippen MR) is 88.5 cm³/mol. The third-order valence-corrected chi connectivity index (χ3v) is 4.50. The van der Waals surface area contributed by atoms with Gasteiger partial charge >= 0.3 is 0 Å². The van der Waals surface area contributed by atoms with E-state index in [1.807, 2.05) is 30.4 Å². The minimum Gasteiger partial charge on any atom is -0.495 e. The van der Waals surface area contributed by atoms with Crippen LogP contribution in [-0.2, 0) is 10.8 Å². The molecule has 0 aliphatic rings. The van der Waals surface area contributed by atoms with Crippen LogP contribution in [0.3, 0.4) is 0 Å². The fourth-order valence-electron chi connectivity index (χ4n) is 1.71. The van der Waals surface area contributed by atoms with Gasteiger partial charge in [-0.15, -0.1) is 0 Å². The molecule has 20 heavy (non-hydrogen) atoms. The van der Waals surface area contributed by atoms with Crippen molar-refractivity contribution in [2.45, 2.75) is 18.2 Å². The van der Waals surface area contributed by atoms with Gasteiger partial charge in [0.15, 0.2) is 0 Å². The largest absolute Gasteiger partial charge is 0.495 e. The van der Waals surface area contributed by atoms with Gasteiger partial charge in [-0.25, -0.2) is 0 Å². The van der Waals surface area contributed by atoms with E-state index in [2.05, 4.69) is 28.9 Å². The number of allylic oxidation sites excluding steroid dienone is 2. The summed E-state index contributed by atoms with van der Waals surface area (Å²) in [6.45, 7) is 2.53. The molecule has 0 bridgehead atoms. The van der Waals surface area contributed by atoms with Crippen LogP contribution >= 0.6 is 15.9 Å². The van der Waals surface area contributed by atoms with Gasteiger partial charge in [0.1, 0.15) is 5.75 Å². The first-order valence-corrected chi connectivity index (χ1v) is 8.51. The van der Waals surface area contributed by atoms with Crippen molar-refractivity contribution in [1.29, 1.82) is 0 Å². The summed E-state index contributed by atoms with van der Waals surface area (Å²) in [7, 11) is 0.429. The molecule has 1 unspecified atom stereocenters. The average molecular weight is 358 g/mol. The lowest BCUT2D eigenvalue weighted by Gasteiger charge is -2.09. The van der Waals surface area contributed by atoms with Crippen LogP contribution in [-0.4, -0.2) is 23.6 Å². The molecule has 0 fully saturated rings. The minimum absolute atomic E-state index is 0.456. The SMILES string of the molecule is CC/C=C(\C=C/CN)CS(=O)c1cc(Br)ccc1OC. The number of benzene rings is 1. The van der Waals surface area contributed by atoms with E-state index in [0.29, 0.717) is 22.9 Å². The topological polar surface area (TPSA) is 52.3 Å². The Morgan fingerprint density at radius 3 is 2.85 bits per heavy atom. The summed E-state index contributed by atoms with van der Waals surface area (Å²) < 4.78 is 18.7. The van der Waals surface area contributed by atoms with Gasteiger partial charge in [-0.2, -0.15) is 0 Å². The van der Waals surface area contributed by atoms with Crippen molar-refractivity contribution in [1.82, 2.24) is 0 Å². The van der Waals surface area contributed by atoms with Gasteiger partial charge in [0.25, 0.3) is 0 Å². The molecule has 1 aromatic carbocycles. The maximum atomic E-state index is 12.5. The average Bonchev–Trinajstić information content (AvgIpc) is 2.44. The van der Waals surface area contributed by atoms with Crippen LogP contribution in [0.4, 0.5) is 0 Å².